The maximum atomic E-state index is 11.7. The molecular weight excluding hydrogens is 278 g/mol. The SMILES string of the molecule is CNS(=O)(=O)CCNC(=O)N1C[C@H](O)C[C@H]1C(=O)O. The Morgan fingerprint density at radius 3 is 2.58 bits per heavy atom. The summed E-state index contributed by atoms with van der Waals surface area (Å²) in [6.07, 6.45) is -0.912. The minimum atomic E-state index is -3.43. The lowest BCUT2D eigenvalue weighted by Crippen LogP contribution is -2.47. The molecule has 0 radical (unpaired) electrons. The van der Waals surface area contributed by atoms with Gasteiger partial charge in [-0.15, -0.1) is 0 Å². The minimum absolute atomic E-state index is 0.0302. The number of aliphatic carboxylic acids is 1. The number of nitrogens with zero attached hydrogens (tertiary/aromatic N) is 1. The Bertz CT molecular complexity index is 451. The molecule has 1 saturated heterocycles. The van der Waals surface area contributed by atoms with Crippen LogP contribution in [0.25, 0.3) is 0 Å². The Morgan fingerprint density at radius 1 is 1.42 bits per heavy atom. The van der Waals surface area contributed by atoms with Gasteiger partial charge < -0.3 is 20.4 Å². The summed E-state index contributed by atoms with van der Waals surface area (Å²) in [7, 11) is -2.17. The second-order valence-electron chi connectivity index (χ2n) is 4.15. The molecule has 0 aromatic heterocycles. The number of carboxylic acids is 1. The van der Waals surface area contributed by atoms with Gasteiger partial charge in [0, 0.05) is 19.5 Å². The van der Waals surface area contributed by atoms with Crippen LogP contribution in [0.2, 0.25) is 0 Å². The maximum Gasteiger partial charge on any atom is 0.326 e. The summed E-state index contributed by atoms with van der Waals surface area (Å²) in [5.74, 6) is -1.50. The van der Waals surface area contributed by atoms with Crippen molar-refractivity contribution in [1.82, 2.24) is 14.9 Å². The van der Waals surface area contributed by atoms with Gasteiger partial charge in [-0.25, -0.2) is 22.7 Å². The van der Waals surface area contributed by atoms with E-state index in [0.29, 0.717) is 0 Å². The molecule has 1 aliphatic rings. The van der Waals surface area contributed by atoms with Crippen molar-refractivity contribution in [2.45, 2.75) is 18.6 Å². The Hall–Kier alpha value is -1.39. The zero-order valence-corrected chi connectivity index (χ0v) is 11.2. The molecule has 110 valence electrons. The lowest BCUT2D eigenvalue weighted by molar-refractivity contribution is -0.141. The molecule has 0 aliphatic carbocycles. The number of sulfonamides is 1. The zero-order valence-electron chi connectivity index (χ0n) is 10.4. The number of hydrogen-bond acceptors (Lipinski definition) is 5. The molecule has 1 aliphatic heterocycles. The van der Waals surface area contributed by atoms with E-state index in [1.54, 1.807) is 0 Å². The normalized spacial score (nSPS) is 23.4. The predicted molar refractivity (Wildman–Crippen MR) is 65.0 cm³/mol. The summed E-state index contributed by atoms with van der Waals surface area (Å²) in [6, 6.07) is -1.79. The highest BCUT2D eigenvalue weighted by Gasteiger charge is 2.38. The molecule has 9 nitrogen and oxygen atoms in total. The van der Waals surface area contributed by atoms with Crippen LogP contribution < -0.4 is 10.0 Å². The van der Waals surface area contributed by atoms with Crippen LogP contribution in [0, 0.1) is 0 Å². The van der Waals surface area contributed by atoms with Crippen molar-refractivity contribution in [1.29, 1.82) is 0 Å². The molecule has 2 amide bonds. The smallest absolute Gasteiger partial charge is 0.326 e. The molecule has 1 heterocycles. The first-order valence-electron chi connectivity index (χ1n) is 5.63. The number of amides is 2. The predicted octanol–water partition coefficient (Wildman–Crippen LogP) is -2.23. The summed E-state index contributed by atoms with van der Waals surface area (Å²) in [4.78, 5) is 23.6. The summed E-state index contributed by atoms with van der Waals surface area (Å²) in [6.45, 7) is -0.220. The van der Waals surface area contributed by atoms with Gasteiger partial charge in [0.15, 0.2) is 0 Å². The Kier molecular flexibility index (Phi) is 5.09. The quantitative estimate of drug-likeness (QED) is 0.453. The van der Waals surface area contributed by atoms with Crippen molar-refractivity contribution >= 4 is 22.0 Å². The van der Waals surface area contributed by atoms with Crippen molar-refractivity contribution in [2.24, 2.45) is 0 Å². The van der Waals surface area contributed by atoms with Crippen LogP contribution in [0.5, 0.6) is 0 Å². The van der Waals surface area contributed by atoms with E-state index in [-0.39, 0.29) is 25.3 Å². The molecule has 19 heavy (non-hydrogen) atoms. The number of β-amino-alcohol motifs (C(OH)–C–C–N with tert-alkyl or cyclic N) is 1. The molecular formula is C9H17N3O6S. The van der Waals surface area contributed by atoms with Crippen molar-refractivity contribution in [2.75, 3.05) is 25.9 Å². The van der Waals surface area contributed by atoms with Gasteiger partial charge in [-0.1, -0.05) is 0 Å². The molecule has 1 fully saturated rings. The van der Waals surface area contributed by atoms with E-state index < -0.39 is 34.2 Å². The first-order chi connectivity index (χ1) is 8.76. The molecule has 0 spiro atoms. The van der Waals surface area contributed by atoms with E-state index in [9.17, 15) is 23.1 Å². The number of aliphatic hydroxyl groups excluding tert-OH is 1. The largest absolute Gasteiger partial charge is 0.480 e. The summed E-state index contributed by atoms with van der Waals surface area (Å²) in [5.41, 5.74) is 0. The van der Waals surface area contributed by atoms with Gasteiger partial charge in [0.05, 0.1) is 11.9 Å². The van der Waals surface area contributed by atoms with Crippen LogP contribution in [0.1, 0.15) is 6.42 Å². The number of aliphatic hydroxyl groups is 1. The van der Waals surface area contributed by atoms with Crippen LogP contribution >= 0.6 is 0 Å². The minimum Gasteiger partial charge on any atom is -0.480 e. The van der Waals surface area contributed by atoms with Gasteiger partial charge in [0.2, 0.25) is 10.0 Å². The molecule has 2 atom stereocenters. The number of hydrogen-bond donors (Lipinski definition) is 4. The number of nitrogens with one attached hydrogen (secondary N) is 2. The van der Waals surface area contributed by atoms with Crippen LogP contribution in [0.3, 0.4) is 0 Å². The first-order valence-corrected chi connectivity index (χ1v) is 7.28. The number of urea groups is 1. The van der Waals surface area contributed by atoms with Crippen LogP contribution in [-0.2, 0) is 14.8 Å². The fraction of sp³-hybridized carbons (Fsp3) is 0.778. The third kappa shape index (κ3) is 4.33. The van der Waals surface area contributed by atoms with Crippen LogP contribution in [0.15, 0.2) is 0 Å². The molecule has 1 rings (SSSR count). The van der Waals surface area contributed by atoms with Crippen molar-refractivity contribution in [3.63, 3.8) is 0 Å². The molecule has 0 unspecified atom stereocenters. The number of carbonyl (C=O) groups excluding carboxylic acids is 1. The molecule has 10 heteroatoms. The monoisotopic (exact) mass is 295 g/mol. The van der Waals surface area contributed by atoms with E-state index in [0.717, 1.165) is 4.90 Å². The number of rotatable bonds is 5. The van der Waals surface area contributed by atoms with Gasteiger partial charge >= 0.3 is 12.0 Å². The van der Waals surface area contributed by atoms with Gasteiger partial charge in [-0.3, -0.25) is 0 Å². The van der Waals surface area contributed by atoms with E-state index in [4.69, 9.17) is 5.11 Å². The summed E-state index contributed by atoms with van der Waals surface area (Å²) < 4.78 is 24.3. The van der Waals surface area contributed by atoms with E-state index >= 15 is 0 Å². The molecule has 0 bridgehead atoms. The first kappa shape index (κ1) is 15.7. The van der Waals surface area contributed by atoms with Crippen LogP contribution in [0.4, 0.5) is 4.79 Å². The number of carbonyl (C=O) groups is 2. The third-order valence-electron chi connectivity index (χ3n) is 2.78. The Morgan fingerprint density at radius 2 is 2.05 bits per heavy atom. The highest BCUT2D eigenvalue weighted by molar-refractivity contribution is 7.89. The fourth-order valence-electron chi connectivity index (χ4n) is 1.77. The Labute approximate surface area is 110 Å². The lowest BCUT2D eigenvalue weighted by atomic mass is 10.2. The molecule has 0 aromatic rings. The lowest BCUT2D eigenvalue weighted by Gasteiger charge is -2.21. The third-order valence-corrected chi connectivity index (χ3v) is 4.15. The number of carboxylic acid groups (broad SMARTS) is 1. The van der Waals surface area contributed by atoms with Crippen molar-refractivity contribution < 1.29 is 28.2 Å². The molecule has 0 saturated carbocycles. The summed E-state index contributed by atoms with van der Waals surface area (Å²) in [5, 5.41) is 20.6. The summed E-state index contributed by atoms with van der Waals surface area (Å²) >= 11 is 0. The van der Waals surface area contributed by atoms with Gasteiger partial charge in [-0.2, -0.15) is 0 Å². The standard InChI is InChI=1S/C9H17N3O6S/c1-10-19(17,18)3-2-11-9(16)12-5-6(13)4-7(12)8(14)15/h6-7,10,13H,2-5H2,1H3,(H,11,16)(H,14,15)/t6-,7+/m1/s1. The van der Waals surface area contributed by atoms with Crippen molar-refractivity contribution in [3.8, 4) is 0 Å². The van der Waals surface area contributed by atoms with Crippen LogP contribution in [-0.4, -0.2) is 73.6 Å². The van der Waals surface area contributed by atoms with Gasteiger partial charge in [0.25, 0.3) is 0 Å². The highest BCUT2D eigenvalue weighted by Crippen LogP contribution is 2.17. The average Bonchev–Trinajstić information content (AvgIpc) is 2.71. The van der Waals surface area contributed by atoms with Gasteiger partial charge in [-0.05, 0) is 7.05 Å². The number of likely N-dealkylation sites (tertiary alicyclic amines) is 1. The van der Waals surface area contributed by atoms with E-state index in [1.165, 1.54) is 7.05 Å². The topological polar surface area (TPSA) is 136 Å². The molecule has 0 aromatic carbocycles. The second-order valence-corrected chi connectivity index (χ2v) is 6.20. The highest BCUT2D eigenvalue weighted by atomic mass is 32.2. The second kappa shape index (κ2) is 6.17. The average molecular weight is 295 g/mol. The maximum absolute atomic E-state index is 11.7. The fourth-order valence-corrected chi connectivity index (χ4v) is 2.34. The van der Waals surface area contributed by atoms with Crippen molar-refractivity contribution in [3.05, 3.63) is 0 Å². The van der Waals surface area contributed by atoms with E-state index in [2.05, 4.69) is 10.0 Å². The Balaban J connectivity index is 2.51. The zero-order chi connectivity index (χ0) is 14.6. The molecule has 4 N–H and O–H groups in total. The van der Waals surface area contributed by atoms with Gasteiger partial charge in [0.1, 0.15) is 6.04 Å². The van der Waals surface area contributed by atoms with E-state index in [1.807, 2.05) is 0 Å².